The topological polar surface area (TPSA) is 42.0 Å². The molecule has 0 atom stereocenters. The lowest BCUT2D eigenvalue weighted by molar-refractivity contribution is -0.113. The molecule has 1 heterocycles. The van der Waals surface area contributed by atoms with Crippen LogP contribution in [0.3, 0.4) is 0 Å². The van der Waals surface area contributed by atoms with Crippen molar-refractivity contribution in [1.29, 1.82) is 0 Å². The predicted molar refractivity (Wildman–Crippen MR) is 87.8 cm³/mol. The Hall–Kier alpha value is -0.790. The summed E-state index contributed by atoms with van der Waals surface area (Å²) in [4.78, 5) is 15.9. The fraction of sp³-hybridized carbons (Fsp3) is 0.0769. The Balaban J connectivity index is 1.88. The van der Waals surface area contributed by atoms with E-state index in [1.165, 1.54) is 11.8 Å². The molecule has 1 aromatic heterocycles. The van der Waals surface area contributed by atoms with E-state index in [0.29, 0.717) is 10.0 Å². The quantitative estimate of drug-likeness (QED) is 0.617. The molecule has 98 valence electrons. The van der Waals surface area contributed by atoms with Gasteiger partial charge in [-0.2, -0.15) is 0 Å². The monoisotopic (exact) mass is 404 g/mol. The lowest BCUT2D eigenvalue weighted by Gasteiger charge is -2.05. The van der Waals surface area contributed by atoms with Crippen LogP contribution in [0.15, 0.2) is 47.6 Å². The van der Waals surface area contributed by atoms with Gasteiger partial charge in [-0.25, -0.2) is 4.98 Å². The average molecular weight is 405 g/mol. The molecule has 0 radical (unpaired) electrons. The van der Waals surface area contributed by atoms with Crippen LogP contribution < -0.4 is 5.32 Å². The Morgan fingerprint density at radius 2 is 2.05 bits per heavy atom. The Bertz CT molecular complexity index is 577. The van der Waals surface area contributed by atoms with E-state index in [1.807, 2.05) is 24.3 Å². The average Bonchev–Trinajstić information content (AvgIpc) is 2.40. The molecule has 2 aromatic rings. The van der Waals surface area contributed by atoms with Crippen molar-refractivity contribution >= 4 is 57.5 Å². The Kier molecular flexibility index (Phi) is 5.47. The predicted octanol–water partition coefficient (Wildman–Crippen LogP) is 4.07. The van der Waals surface area contributed by atoms with Crippen LogP contribution in [0.5, 0.6) is 0 Å². The lowest BCUT2D eigenvalue weighted by Crippen LogP contribution is -2.14. The molecular formula is C13H10ClIN2OS. The second-order valence-electron chi connectivity index (χ2n) is 3.63. The number of amides is 1. The van der Waals surface area contributed by atoms with Gasteiger partial charge in [-0.3, -0.25) is 4.79 Å². The number of carbonyl (C=O) groups is 1. The number of anilines is 1. The lowest BCUT2D eigenvalue weighted by atomic mass is 10.3. The third-order valence-corrected chi connectivity index (χ3v) is 4.33. The summed E-state index contributed by atoms with van der Waals surface area (Å²) < 4.78 is 1.13. The standard InChI is InChI=1S/C13H10ClIN2OS/c14-11-2-1-7-16-13(11)19-8-12(18)17-10-5-3-9(15)4-6-10/h1-7H,8H2,(H,17,18). The second-order valence-corrected chi connectivity index (χ2v) is 6.25. The maximum Gasteiger partial charge on any atom is 0.234 e. The van der Waals surface area contributed by atoms with Crippen molar-refractivity contribution < 1.29 is 4.79 Å². The van der Waals surface area contributed by atoms with Gasteiger partial charge < -0.3 is 5.32 Å². The summed E-state index contributed by atoms with van der Waals surface area (Å²) in [5, 5.41) is 4.06. The van der Waals surface area contributed by atoms with Crippen LogP contribution in [0.1, 0.15) is 0 Å². The maximum absolute atomic E-state index is 11.8. The van der Waals surface area contributed by atoms with Crippen molar-refractivity contribution in [2.24, 2.45) is 0 Å². The molecule has 0 saturated carbocycles. The van der Waals surface area contributed by atoms with E-state index in [0.717, 1.165) is 9.26 Å². The molecule has 0 unspecified atom stereocenters. The van der Waals surface area contributed by atoms with E-state index in [2.05, 4.69) is 32.9 Å². The van der Waals surface area contributed by atoms with E-state index in [4.69, 9.17) is 11.6 Å². The van der Waals surface area contributed by atoms with Crippen LogP contribution in [-0.2, 0) is 4.79 Å². The number of nitrogens with zero attached hydrogens (tertiary/aromatic N) is 1. The number of thioether (sulfide) groups is 1. The fourth-order valence-corrected chi connectivity index (χ4v) is 2.67. The van der Waals surface area contributed by atoms with Crippen LogP contribution in [0.2, 0.25) is 5.02 Å². The minimum atomic E-state index is -0.0760. The zero-order valence-electron chi connectivity index (χ0n) is 9.77. The summed E-state index contributed by atoms with van der Waals surface area (Å²) in [6, 6.07) is 11.2. The van der Waals surface area contributed by atoms with E-state index in [-0.39, 0.29) is 11.7 Å². The summed E-state index contributed by atoms with van der Waals surface area (Å²) in [6.07, 6.45) is 1.66. The number of aromatic nitrogens is 1. The van der Waals surface area contributed by atoms with Gasteiger partial charge in [-0.1, -0.05) is 23.4 Å². The van der Waals surface area contributed by atoms with Gasteiger partial charge in [-0.05, 0) is 59.0 Å². The Labute approximate surface area is 134 Å². The molecule has 2 rings (SSSR count). The molecule has 1 amide bonds. The molecule has 0 aliphatic rings. The van der Waals surface area contributed by atoms with Crippen LogP contribution >= 0.6 is 46.0 Å². The highest BCUT2D eigenvalue weighted by Gasteiger charge is 2.06. The third kappa shape index (κ3) is 4.67. The number of pyridine rings is 1. The summed E-state index contributed by atoms with van der Waals surface area (Å²) in [5.74, 6) is 0.204. The molecule has 0 spiro atoms. The van der Waals surface area contributed by atoms with Crippen LogP contribution in [0, 0.1) is 3.57 Å². The number of hydrogen-bond acceptors (Lipinski definition) is 3. The van der Waals surface area contributed by atoms with E-state index >= 15 is 0 Å². The highest BCUT2D eigenvalue weighted by molar-refractivity contribution is 14.1. The van der Waals surface area contributed by atoms with E-state index < -0.39 is 0 Å². The molecule has 3 nitrogen and oxygen atoms in total. The minimum absolute atomic E-state index is 0.0760. The summed E-state index contributed by atoms with van der Waals surface area (Å²) in [6.45, 7) is 0. The summed E-state index contributed by atoms with van der Waals surface area (Å²) in [7, 11) is 0. The van der Waals surface area contributed by atoms with E-state index in [1.54, 1.807) is 18.3 Å². The molecule has 19 heavy (non-hydrogen) atoms. The molecule has 0 fully saturated rings. The largest absolute Gasteiger partial charge is 0.325 e. The molecule has 0 aliphatic heterocycles. The molecule has 0 bridgehead atoms. The summed E-state index contributed by atoms with van der Waals surface area (Å²) in [5.41, 5.74) is 0.790. The Morgan fingerprint density at radius 3 is 2.74 bits per heavy atom. The van der Waals surface area contributed by atoms with Gasteiger partial charge in [0, 0.05) is 15.5 Å². The first-order chi connectivity index (χ1) is 9.15. The van der Waals surface area contributed by atoms with Crippen LogP contribution in [0.25, 0.3) is 0 Å². The molecule has 1 N–H and O–H groups in total. The first kappa shape index (κ1) is 14.6. The zero-order valence-corrected chi connectivity index (χ0v) is 13.5. The van der Waals surface area contributed by atoms with Crippen molar-refractivity contribution in [3.8, 4) is 0 Å². The smallest absolute Gasteiger partial charge is 0.234 e. The first-order valence-corrected chi connectivity index (χ1v) is 7.88. The van der Waals surface area contributed by atoms with Crippen LogP contribution in [0.4, 0.5) is 5.69 Å². The van der Waals surface area contributed by atoms with Crippen molar-refractivity contribution in [3.63, 3.8) is 0 Å². The highest BCUT2D eigenvalue weighted by Crippen LogP contribution is 2.24. The molecule has 6 heteroatoms. The van der Waals surface area contributed by atoms with Gasteiger partial charge in [0.05, 0.1) is 10.8 Å². The molecule has 1 aromatic carbocycles. The third-order valence-electron chi connectivity index (χ3n) is 2.19. The van der Waals surface area contributed by atoms with Crippen LogP contribution in [-0.4, -0.2) is 16.6 Å². The zero-order chi connectivity index (χ0) is 13.7. The van der Waals surface area contributed by atoms with Gasteiger partial charge in [0.1, 0.15) is 5.03 Å². The van der Waals surface area contributed by atoms with Crippen molar-refractivity contribution in [3.05, 3.63) is 51.2 Å². The number of halogens is 2. The molecule has 0 aliphatic carbocycles. The number of benzene rings is 1. The first-order valence-electron chi connectivity index (χ1n) is 5.44. The van der Waals surface area contributed by atoms with Gasteiger partial charge >= 0.3 is 0 Å². The van der Waals surface area contributed by atoms with E-state index in [9.17, 15) is 4.79 Å². The van der Waals surface area contributed by atoms with Crippen molar-refractivity contribution in [2.75, 3.05) is 11.1 Å². The maximum atomic E-state index is 11.8. The number of carbonyl (C=O) groups excluding carboxylic acids is 1. The van der Waals surface area contributed by atoms with Gasteiger partial charge in [0.15, 0.2) is 0 Å². The Morgan fingerprint density at radius 1 is 1.32 bits per heavy atom. The number of hydrogen-bond donors (Lipinski definition) is 1. The number of rotatable bonds is 4. The van der Waals surface area contributed by atoms with Gasteiger partial charge in [0.25, 0.3) is 0 Å². The fourth-order valence-electron chi connectivity index (χ4n) is 1.34. The number of nitrogens with one attached hydrogen (secondary N) is 1. The highest BCUT2D eigenvalue weighted by atomic mass is 127. The molecular weight excluding hydrogens is 395 g/mol. The van der Waals surface area contributed by atoms with Gasteiger partial charge in [-0.15, -0.1) is 0 Å². The normalized spacial score (nSPS) is 10.2. The van der Waals surface area contributed by atoms with Crippen molar-refractivity contribution in [2.45, 2.75) is 5.03 Å². The van der Waals surface area contributed by atoms with Gasteiger partial charge in [0.2, 0.25) is 5.91 Å². The SMILES string of the molecule is O=C(CSc1ncccc1Cl)Nc1ccc(I)cc1. The minimum Gasteiger partial charge on any atom is -0.325 e. The summed E-state index contributed by atoms with van der Waals surface area (Å²) >= 11 is 9.51. The molecule has 0 saturated heterocycles. The van der Waals surface area contributed by atoms with Crippen molar-refractivity contribution in [1.82, 2.24) is 4.98 Å². The second kappa shape index (κ2) is 7.12.